The van der Waals surface area contributed by atoms with Crippen LogP contribution in [0.4, 0.5) is 0 Å². The van der Waals surface area contributed by atoms with E-state index < -0.39 is 28.2 Å². The first kappa shape index (κ1) is 43.6. The number of benzene rings is 8. The van der Waals surface area contributed by atoms with Gasteiger partial charge in [-0.25, -0.2) is 0 Å². The van der Waals surface area contributed by atoms with Crippen LogP contribution in [0.3, 0.4) is 0 Å². The van der Waals surface area contributed by atoms with E-state index in [0.29, 0.717) is 35.3 Å². The summed E-state index contributed by atoms with van der Waals surface area (Å²) in [6, 6.07) is 80.7. The quantitative estimate of drug-likeness (QED) is 0.0705. The molecule has 0 atom stereocenters. The summed E-state index contributed by atoms with van der Waals surface area (Å²) in [4.78, 5) is 0. The Kier molecular flexibility index (Phi) is 14.4. The highest BCUT2D eigenvalue weighted by Gasteiger charge is 2.55. The van der Waals surface area contributed by atoms with Gasteiger partial charge in [0.05, 0.1) is 0 Å². The van der Waals surface area contributed by atoms with Crippen LogP contribution in [0.15, 0.2) is 252 Å². The average molecular weight is 927 g/mol. The molecule has 0 aliphatic rings. The molecule has 0 aliphatic carbocycles. The molecule has 0 saturated heterocycles. The first-order valence-electron chi connectivity index (χ1n) is 20.1. The Morgan fingerprint density at radius 3 is 0.661 bits per heavy atom. The summed E-state index contributed by atoms with van der Waals surface area (Å²) in [5.41, 5.74) is 0. The summed E-state index contributed by atoms with van der Waals surface area (Å²) in [5, 5.41) is 4.24. The third-order valence-corrected chi connectivity index (χ3v) is 25.1. The predicted octanol–water partition coefficient (Wildman–Crippen LogP) is 14.2. The maximum Gasteiger partial charge on any atom is 0.409 e. The van der Waals surface area contributed by atoms with Crippen molar-refractivity contribution in [2.24, 2.45) is 9.03 Å². The largest absolute Gasteiger partial charge is 0.421 e. The lowest BCUT2D eigenvalue weighted by atomic mass is 10.3. The lowest BCUT2D eigenvalue weighted by Crippen LogP contribution is -2.30. The molecule has 0 heterocycles. The molecule has 0 amide bonds. The van der Waals surface area contributed by atoms with E-state index in [1.807, 2.05) is 146 Å². The van der Waals surface area contributed by atoms with Crippen molar-refractivity contribution >= 4 is 74.0 Å². The third kappa shape index (κ3) is 10.8. The molecule has 0 bridgehead atoms. The molecule has 0 N–H and O–H groups in total. The smallest absolute Gasteiger partial charge is 0.409 e. The van der Waals surface area contributed by atoms with Crippen molar-refractivity contribution in [1.29, 1.82) is 0 Å². The topological polar surface area (TPSA) is 61.6 Å². The molecule has 0 saturated carbocycles. The molecular formula is C50H46N2O4P4S2+2. The second kappa shape index (κ2) is 20.4. The summed E-state index contributed by atoms with van der Waals surface area (Å²) in [6.45, 7) is -6.86. The summed E-state index contributed by atoms with van der Waals surface area (Å²) in [6.07, 6.45) is 1.12. The first-order valence-corrected chi connectivity index (χ1v) is 29.4. The van der Waals surface area contributed by atoms with Crippen LogP contribution < -0.4 is 39.3 Å². The molecule has 0 spiro atoms. The molecule has 62 heavy (non-hydrogen) atoms. The summed E-state index contributed by atoms with van der Waals surface area (Å²) >= 11 is 10.8. The Balaban J connectivity index is 1.40. The second-order valence-corrected chi connectivity index (χ2v) is 27.3. The molecule has 0 fully saturated rings. The van der Waals surface area contributed by atoms with Gasteiger partial charge in [0.15, 0.2) is 0 Å². The lowest BCUT2D eigenvalue weighted by Gasteiger charge is -2.30. The molecule has 12 heteroatoms. The van der Waals surface area contributed by atoms with E-state index in [0.717, 1.165) is 21.2 Å². The normalized spacial score (nSPS) is 11.8. The van der Waals surface area contributed by atoms with Crippen molar-refractivity contribution in [2.45, 2.75) is 0 Å². The number of rotatable bonds is 17. The van der Waals surface area contributed by atoms with E-state index in [4.69, 9.17) is 51.6 Å². The zero-order valence-electron chi connectivity index (χ0n) is 33.7. The van der Waals surface area contributed by atoms with Crippen LogP contribution in [0, 0.1) is 0 Å². The summed E-state index contributed by atoms with van der Waals surface area (Å²) < 4.78 is 39.4. The van der Waals surface area contributed by atoms with Gasteiger partial charge in [0, 0.05) is 0 Å². The van der Waals surface area contributed by atoms with Gasteiger partial charge in [-0.2, -0.15) is 0 Å². The van der Waals surface area contributed by atoms with E-state index >= 15 is 0 Å². The van der Waals surface area contributed by atoms with Crippen molar-refractivity contribution in [3.63, 3.8) is 0 Å². The van der Waals surface area contributed by atoms with Gasteiger partial charge in [0.1, 0.15) is 56.5 Å². The Labute approximate surface area is 376 Å². The number of nitrogens with zero attached hydrogens (tertiary/aromatic N) is 2. The van der Waals surface area contributed by atoms with E-state index in [9.17, 15) is 0 Å². The van der Waals surface area contributed by atoms with Gasteiger partial charge in [0.25, 0.3) is 0 Å². The standard InChI is InChI=1S/C50H46N2O4P4S2/c61-59(53-43-25-9-1-10-26-43,54-44-27-11-2-12-28-44)51-57(47-33-17-5-18-34-47,48-35-19-6-20-36-48)41-42-58(49-37-21-7-22-38-49,50-39-23-8-24-40-50)52-60(62,55-45-29-13-3-14-30-45)56-46-31-15-4-16-32-46/h1-40,61-62H,41-42H2/q+2. The fraction of sp³-hybridized carbons (Fsp3) is 0.0400. The summed E-state index contributed by atoms with van der Waals surface area (Å²) in [7, 11) is -5.82. The minimum Gasteiger partial charge on any atom is -0.421 e. The Morgan fingerprint density at radius 1 is 0.290 bits per heavy atom. The fourth-order valence-corrected chi connectivity index (χ4v) is 25.0. The monoisotopic (exact) mass is 926 g/mol. The van der Waals surface area contributed by atoms with Crippen LogP contribution >= 0.6 is 52.7 Å². The minimum atomic E-state index is -3.43. The molecule has 0 aliphatic heterocycles. The van der Waals surface area contributed by atoms with E-state index in [1.165, 1.54) is 0 Å². The van der Waals surface area contributed by atoms with Crippen LogP contribution in [-0.4, -0.2) is 12.3 Å². The second-order valence-electron chi connectivity index (χ2n) is 14.1. The lowest BCUT2D eigenvalue weighted by molar-refractivity contribution is 0.496. The van der Waals surface area contributed by atoms with E-state index in [-0.39, 0.29) is 0 Å². The Bertz CT molecular complexity index is 2370. The van der Waals surface area contributed by atoms with Crippen LogP contribution in [0.5, 0.6) is 23.0 Å². The van der Waals surface area contributed by atoms with Crippen LogP contribution in [0.1, 0.15) is 0 Å². The molecule has 8 aromatic carbocycles. The highest BCUT2D eigenvalue weighted by atomic mass is 32.7. The van der Waals surface area contributed by atoms with E-state index in [1.54, 1.807) is 0 Å². The fourth-order valence-electron chi connectivity index (χ4n) is 7.07. The van der Waals surface area contributed by atoms with Crippen molar-refractivity contribution in [2.75, 3.05) is 12.3 Å². The van der Waals surface area contributed by atoms with Gasteiger partial charge < -0.3 is 18.1 Å². The van der Waals surface area contributed by atoms with Gasteiger partial charge >= 0.3 is 13.4 Å². The van der Waals surface area contributed by atoms with Crippen molar-refractivity contribution in [3.05, 3.63) is 243 Å². The number of para-hydroxylation sites is 4. The maximum atomic E-state index is 6.87. The SMILES string of the molecule is SP(=N[P+](CC[P+](N=P(S)(Oc1ccccc1)Oc1ccccc1)(c1ccccc1)c1ccccc1)(c1ccccc1)c1ccccc1)(Oc1ccccc1)Oc1ccccc1. The predicted molar refractivity (Wildman–Crippen MR) is 273 cm³/mol. The van der Waals surface area contributed by atoms with Crippen molar-refractivity contribution in [1.82, 2.24) is 0 Å². The van der Waals surface area contributed by atoms with Gasteiger partial charge in [-0.3, -0.25) is 0 Å². The van der Waals surface area contributed by atoms with Crippen LogP contribution in [0.2, 0.25) is 0 Å². The summed E-state index contributed by atoms with van der Waals surface area (Å²) in [5.74, 6) is 2.45. The van der Waals surface area contributed by atoms with Gasteiger partial charge in [0.2, 0.25) is 14.8 Å². The first-order chi connectivity index (χ1) is 30.4. The van der Waals surface area contributed by atoms with Crippen LogP contribution in [-0.2, 0) is 0 Å². The zero-order valence-corrected chi connectivity index (χ0v) is 39.1. The molecule has 0 aromatic heterocycles. The molecular weight excluding hydrogens is 881 g/mol. The Morgan fingerprint density at radius 2 is 0.468 bits per heavy atom. The number of hydrogen-bond acceptors (Lipinski definition) is 6. The Hall–Kier alpha value is -5.02. The highest BCUT2D eigenvalue weighted by molar-refractivity contribution is 8.46. The molecule has 0 unspecified atom stereocenters. The molecule has 8 aromatic rings. The number of thiol groups is 2. The number of hydrogen-bond donors (Lipinski definition) is 2. The zero-order chi connectivity index (χ0) is 42.6. The average Bonchev–Trinajstić information content (AvgIpc) is 3.32. The van der Waals surface area contributed by atoms with Crippen molar-refractivity contribution in [3.8, 4) is 23.0 Å². The minimum absolute atomic E-state index is 0.561. The highest BCUT2D eigenvalue weighted by Crippen LogP contribution is 2.75. The maximum absolute atomic E-state index is 6.87. The van der Waals surface area contributed by atoms with Gasteiger partial charge in [-0.15, -0.1) is 0 Å². The van der Waals surface area contributed by atoms with Crippen molar-refractivity contribution < 1.29 is 18.1 Å². The van der Waals surface area contributed by atoms with Crippen LogP contribution in [0.25, 0.3) is 0 Å². The molecule has 0 radical (unpaired) electrons. The molecule has 310 valence electrons. The molecule has 8 rings (SSSR count). The molecule has 6 nitrogen and oxygen atoms in total. The van der Waals surface area contributed by atoms with Gasteiger partial charge in [-0.1, -0.05) is 170 Å². The van der Waals surface area contributed by atoms with Gasteiger partial charge in [-0.05, 0) is 106 Å². The third-order valence-electron chi connectivity index (χ3n) is 9.88. The van der Waals surface area contributed by atoms with E-state index in [2.05, 4.69) is 97.1 Å².